The molecule has 0 aromatic rings. The van der Waals surface area contributed by atoms with E-state index in [-0.39, 0.29) is 23.7 Å². The van der Waals surface area contributed by atoms with E-state index in [0.717, 1.165) is 25.7 Å². The summed E-state index contributed by atoms with van der Waals surface area (Å²) < 4.78 is 0. The van der Waals surface area contributed by atoms with E-state index in [0.29, 0.717) is 38.4 Å². The van der Waals surface area contributed by atoms with Crippen molar-refractivity contribution in [3.8, 4) is 0 Å². The second-order valence-electron chi connectivity index (χ2n) is 5.97. The van der Waals surface area contributed by atoms with Gasteiger partial charge in [-0.2, -0.15) is 0 Å². The standard InChI is InChI=1S/C14H25N3O2/c15-9-10-2-1-3-12(8-10)14(19)17-6-4-11(5-7-17)13(16)18/h10-12H,1-9,15H2,(H2,16,18). The minimum absolute atomic E-state index is 0.0489. The van der Waals surface area contributed by atoms with Gasteiger partial charge in [0.1, 0.15) is 0 Å². The van der Waals surface area contributed by atoms with Crippen LogP contribution in [0, 0.1) is 17.8 Å². The summed E-state index contributed by atoms with van der Waals surface area (Å²) in [6.07, 6.45) is 5.62. The number of likely N-dealkylation sites (tertiary alicyclic amines) is 1. The predicted molar refractivity (Wildman–Crippen MR) is 73.0 cm³/mol. The van der Waals surface area contributed by atoms with Gasteiger partial charge in [0, 0.05) is 24.9 Å². The molecular formula is C14H25N3O2. The molecule has 19 heavy (non-hydrogen) atoms. The first-order valence-corrected chi connectivity index (χ1v) is 7.40. The zero-order valence-electron chi connectivity index (χ0n) is 11.5. The van der Waals surface area contributed by atoms with Crippen LogP contribution in [-0.2, 0) is 9.59 Å². The van der Waals surface area contributed by atoms with Crippen molar-refractivity contribution in [2.45, 2.75) is 38.5 Å². The second-order valence-corrected chi connectivity index (χ2v) is 5.97. The molecule has 2 rings (SSSR count). The summed E-state index contributed by atoms with van der Waals surface area (Å²) in [7, 11) is 0. The Hall–Kier alpha value is -1.10. The lowest BCUT2D eigenvalue weighted by molar-refractivity contribution is -0.140. The molecule has 108 valence electrons. The summed E-state index contributed by atoms with van der Waals surface area (Å²) in [5, 5.41) is 0. The maximum absolute atomic E-state index is 12.5. The summed E-state index contributed by atoms with van der Waals surface area (Å²) in [6.45, 7) is 2.04. The summed E-state index contributed by atoms with van der Waals surface area (Å²) in [5.74, 6) is 0.638. The molecule has 0 bridgehead atoms. The molecule has 2 fully saturated rings. The van der Waals surface area contributed by atoms with Crippen LogP contribution in [0.5, 0.6) is 0 Å². The Morgan fingerprint density at radius 1 is 1.05 bits per heavy atom. The molecule has 2 aliphatic rings. The molecule has 1 saturated heterocycles. The van der Waals surface area contributed by atoms with Crippen molar-refractivity contribution in [1.82, 2.24) is 4.90 Å². The van der Waals surface area contributed by atoms with Crippen molar-refractivity contribution in [3.05, 3.63) is 0 Å². The molecule has 2 amide bonds. The number of amides is 2. The quantitative estimate of drug-likeness (QED) is 0.779. The highest BCUT2D eigenvalue weighted by Gasteiger charge is 2.32. The number of carbonyl (C=O) groups is 2. The lowest BCUT2D eigenvalue weighted by Crippen LogP contribution is -2.45. The number of primary amides is 1. The summed E-state index contributed by atoms with van der Waals surface area (Å²) in [5.41, 5.74) is 11.0. The third kappa shape index (κ3) is 3.47. The highest BCUT2D eigenvalue weighted by atomic mass is 16.2. The maximum Gasteiger partial charge on any atom is 0.225 e. The second kappa shape index (κ2) is 6.37. The zero-order chi connectivity index (χ0) is 13.8. The number of rotatable bonds is 3. The van der Waals surface area contributed by atoms with Crippen molar-refractivity contribution in [2.24, 2.45) is 29.2 Å². The van der Waals surface area contributed by atoms with Gasteiger partial charge in [-0.05, 0) is 44.6 Å². The molecular weight excluding hydrogens is 242 g/mol. The Balaban J connectivity index is 1.85. The predicted octanol–water partition coefficient (Wildman–Crippen LogP) is 0.475. The van der Waals surface area contributed by atoms with Gasteiger partial charge in [-0.3, -0.25) is 9.59 Å². The Kier molecular flexibility index (Phi) is 4.80. The third-order valence-corrected chi connectivity index (χ3v) is 4.67. The molecule has 5 nitrogen and oxygen atoms in total. The maximum atomic E-state index is 12.5. The number of piperidine rings is 1. The fraction of sp³-hybridized carbons (Fsp3) is 0.857. The molecule has 1 saturated carbocycles. The largest absolute Gasteiger partial charge is 0.369 e. The van der Waals surface area contributed by atoms with Crippen LogP contribution >= 0.6 is 0 Å². The minimum atomic E-state index is -0.229. The lowest BCUT2D eigenvalue weighted by Gasteiger charge is -2.35. The van der Waals surface area contributed by atoms with Gasteiger partial charge in [-0.15, -0.1) is 0 Å². The Morgan fingerprint density at radius 2 is 1.74 bits per heavy atom. The normalized spacial score (nSPS) is 29.2. The van der Waals surface area contributed by atoms with Crippen LogP contribution in [0.1, 0.15) is 38.5 Å². The topological polar surface area (TPSA) is 89.4 Å². The van der Waals surface area contributed by atoms with Crippen molar-refractivity contribution in [1.29, 1.82) is 0 Å². The molecule has 2 atom stereocenters. The number of hydrogen-bond acceptors (Lipinski definition) is 3. The van der Waals surface area contributed by atoms with Crippen LogP contribution in [-0.4, -0.2) is 36.3 Å². The smallest absolute Gasteiger partial charge is 0.225 e. The number of nitrogens with zero attached hydrogens (tertiary/aromatic N) is 1. The number of hydrogen-bond donors (Lipinski definition) is 2. The monoisotopic (exact) mass is 267 g/mol. The SMILES string of the molecule is NCC1CCCC(C(=O)N2CCC(C(N)=O)CC2)C1. The summed E-state index contributed by atoms with van der Waals surface area (Å²) in [6, 6.07) is 0. The van der Waals surface area contributed by atoms with Crippen LogP contribution < -0.4 is 11.5 Å². The first-order chi connectivity index (χ1) is 9.11. The summed E-state index contributed by atoms with van der Waals surface area (Å²) >= 11 is 0. The summed E-state index contributed by atoms with van der Waals surface area (Å²) in [4.78, 5) is 25.5. The van der Waals surface area contributed by atoms with Crippen molar-refractivity contribution in [2.75, 3.05) is 19.6 Å². The third-order valence-electron chi connectivity index (χ3n) is 4.67. The van der Waals surface area contributed by atoms with Crippen LogP contribution in [0.3, 0.4) is 0 Å². The molecule has 2 unspecified atom stereocenters. The highest BCUT2D eigenvalue weighted by Crippen LogP contribution is 2.30. The first-order valence-electron chi connectivity index (χ1n) is 7.40. The molecule has 0 radical (unpaired) electrons. The van der Waals surface area contributed by atoms with Gasteiger partial charge in [-0.25, -0.2) is 0 Å². The van der Waals surface area contributed by atoms with Crippen molar-refractivity contribution < 1.29 is 9.59 Å². The van der Waals surface area contributed by atoms with Crippen LogP contribution in [0.25, 0.3) is 0 Å². The highest BCUT2D eigenvalue weighted by molar-refractivity contribution is 5.80. The van der Waals surface area contributed by atoms with E-state index in [2.05, 4.69) is 0 Å². The van der Waals surface area contributed by atoms with E-state index in [9.17, 15) is 9.59 Å². The van der Waals surface area contributed by atoms with E-state index < -0.39 is 0 Å². The molecule has 1 aliphatic heterocycles. The fourth-order valence-corrected chi connectivity index (χ4v) is 3.37. The fourth-order valence-electron chi connectivity index (χ4n) is 3.37. The molecule has 5 heteroatoms. The van der Waals surface area contributed by atoms with Gasteiger partial charge < -0.3 is 16.4 Å². The zero-order valence-corrected chi connectivity index (χ0v) is 11.5. The molecule has 0 aromatic heterocycles. The lowest BCUT2D eigenvalue weighted by atomic mass is 9.80. The van der Waals surface area contributed by atoms with Crippen LogP contribution in [0.2, 0.25) is 0 Å². The van der Waals surface area contributed by atoms with Gasteiger partial charge in [-0.1, -0.05) is 6.42 Å². The van der Waals surface area contributed by atoms with Gasteiger partial charge in [0.25, 0.3) is 0 Å². The number of nitrogens with two attached hydrogens (primary N) is 2. The van der Waals surface area contributed by atoms with Crippen molar-refractivity contribution >= 4 is 11.8 Å². The van der Waals surface area contributed by atoms with E-state index in [4.69, 9.17) is 11.5 Å². The molecule has 4 N–H and O–H groups in total. The Labute approximate surface area is 114 Å². The van der Waals surface area contributed by atoms with Crippen LogP contribution in [0.4, 0.5) is 0 Å². The Bertz CT molecular complexity index is 338. The average molecular weight is 267 g/mol. The molecule has 1 aliphatic carbocycles. The van der Waals surface area contributed by atoms with E-state index >= 15 is 0 Å². The van der Waals surface area contributed by atoms with Gasteiger partial charge >= 0.3 is 0 Å². The average Bonchev–Trinajstić information content (AvgIpc) is 2.46. The number of carbonyl (C=O) groups excluding carboxylic acids is 2. The van der Waals surface area contributed by atoms with E-state index in [1.165, 1.54) is 0 Å². The van der Waals surface area contributed by atoms with E-state index in [1.807, 2.05) is 4.90 Å². The van der Waals surface area contributed by atoms with Gasteiger partial charge in [0.15, 0.2) is 0 Å². The van der Waals surface area contributed by atoms with Crippen LogP contribution in [0.15, 0.2) is 0 Å². The van der Waals surface area contributed by atoms with E-state index in [1.54, 1.807) is 0 Å². The van der Waals surface area contributed by atoms with Gasteiger partial charge in [0.05, 0.1) is 0 Å². The molecule has 0 spiro atoms. The first kappa shape index (κ1) is 14.3. The van der Waals surface area contributed by atoms with Crippen molar-refractivity contribution in [3.63, 3.8) is 0 Å². The Morgan fingerprint density at radius 3 is 2.32 bits per heavy atom. The minimum Gasteiger partial charge on any atom is -0.369 e. The molecule has 1 heterocycles. The van der Waals surface area contributed by atoms with Gasteiger partial charge in [0.2, 0.25) is 11.8 Å². The molecule has 0 aromatic carbocycles.